The molecule has 8 nitrogen and oxygen atoms in total. The lowest BCUT2D eigenvalue weighted by Gasteiger charge is -2.35. The minimum absolute atomic E-state index is 0.144. The van der Waals surface area contributed by atoms with Crippen molar-refractivity contribution in [3.63, 3.8) is 0 Å². The van der Waals surface area contributed by atoms with Crippen LogP contribution in [0.15, 0.2) is 23.8 Å². The van der Waals surface area contributed by atoms with E-state index in [9.17, 15) is 19.8 Å². The molecule has 0 amide bonds. The Labute approximate surface area is 170 Å². The first-order chi connectivity index (χ1) is 13.6. The van der Waals surface area contributed by atoms with E-state index in [-0.39, 0.29) is 31.4 Å². The first-order valence-corrected chi connectivity index (χ1v) is 9.88. The molecular weight excluding hydrogens is 380 g/mol. The van der Waals surface area contributed by atoms with Gasteiger partial charge in [0, 0.05) is 37.0 Å². The Hall–Kier alpha value is -1.74. The number of rotatable bonds is 4. The maximum absolute atomic E-state index is 12.5. The van der Waals surface area contributed by atoms with Crippen molar-refractivity contribution in [3.05, 3.63) is 23.8 Å². The van der Waals surface area contributed by atoms with Gasteiger partial charge in [-0.1, -0.05) is 12.7 Å². The molecule has 0 unspecified atom stereocenters. The highest BCUT2D eigenvalue weighted by molar-refractivity contribution is 5.91. The average Bonchev–Trinajstić information content (AvgIpc) is 3.11. The molecule has 3 aliphatic heterocycles. The second kappa shape index (κ2) is 7.83. The minimum atomic E-state index is -1.65. The van der Waals surface area contributed by atoms with Crippen LogP contribution in [0.25, 0.3) is 0 Å². The number of methoxy groups -OCH3 is 1. The third-order valence-corrected chi connectivity index (χ3v) is 6.57. The van der Waals surface area contributed by atoms with E-state index in [1.54, 1.807) is 26.8 Å². The molecule has 0 aromatic heterocycles. The molecule has 3 fully saturated rings. The summed E-state index contributed by atoms with van der Waals surface area (Å²) in [6.07, 6.45) is 0.153. The first kappa shape index (κ1) is 22.0. The zero-order valence-corrected chi connectivity index (χ0v) is 17.3. The third kappa shape index (κ3) is 3.74. The molecule has 0 aliphatic carbocycles. The quantitative estimate of drug-likeness (QED) is 0.526. The van der Waals surface area contributed by atoms with Crippen LogP contribution in [0.2, 0.25) is 0 Å². The zero-order valence-electron chi connectivity index (χ0n) is 17.3. The topological polar surface area (TPSA) is 112 Å². The number of ether oxygens (including phenoxy) is 4. The first-order valence-electron chi connectivity index (χ1n) is 9.88. The molecule has 3 heterocycles. The fraction of sp³-hybridized carbons (Fsp3) is 0.714. The van der Waals surface area contributed by atoms with Gasteiger partial charge < -0.3 is 29.2 Å². The number of carbonyl (C=O) groups is 2. The van der Waals surface area contributed by atoms with Crippen LogP contribution >= 0.6 is 0 Å². The number of aliphatic hydroxyl groups excluding tert-OH is 1. The summed E-state index contributed by atoms with van der Waals surface area (Å²) in [5.74, 6) is -4.03. The number of allylic oxidation sites excluding steroid dienone is 1. The molecule has 3 rings (SSSR count). The molecule has 0 aromatic carbocycles. The van der Waals surface area contributed by atoms with Gasteiger partial charge in [-0.25, -0.2) is 9.59 Å². The lowest BCUT2D eigenvalue weighted by molar-refractivity contribution is -0.260. The Bertz CT molecular complexity index is 730. The molecule has 0 radical (unpaired) electrons. The van der Waals surface area contributed by atoms with Crippen LogP contribution < -0.4 is 0 Å². The number of aliphatic hydroxyl groups is 2. The van der Waals surface area contributed by atoms with Crippen LogP contribution in [0.3, 0.4) is 0 Å². The van der Waals surface area contributed by atoms with Crippen molar-refractivity contribution in [2.45, 2.75) is 69.7 Å². The lowest BCUT2D eigenvalue weighted by atomic mass is 9.77. The van der Waals surface area contributed by atoms with Crippen molar-refractivity contribution < 1.29 is 38.7 Å². The monoisotopic (exact) mass is 410 g/mol. The predicted octanol–water partition coefficient (Wildman–Crippen LogP) is 1.25. The highest BCUT2D eigenvalue weighted by Crippen LogP contribution is 2.50. The van der Waals surface area contributed by atoms with Gasteiger partial charge in [-0.2, -0.15) is 0 Å². The summed E-state index contributed by atoms with van der Waals surface area (Å²) in [7, 11) is 1.52. The van der Waals surface area contributed by atoms with Crippen LogP contribution in [-0.4, -0.2) is 65.6 Å². The summed E-state index contributed by atoms with van der Waals surface area (Å²) in [5, 5.41) is 21.1. The fourth-order valence-corrected chi connectivity index (χ4v) is 4.73. The molecule has 29 heavy (non-hydrogen) atoms. The van der Waals surface area contributed by atoms with Crippen molar-refractivity contribution in [1.29, 1.82) is 0 Å². The van der Waals surface area contributed by atoms with E-state index >= 15 is 0 Å². The van der Waals surface area contributed by atoms with Gasteiger partial charge in [0.15, 0.2) is 5.79 Å². The molecule has 162 valence electrons. The van der Waals surface area contributed by atoms with E-state index in [1.807, 2.05) is 0 Å². The number of hydrogen-bond donors (Lipinski definition) is 2. The molecule has 0 spiro atoms. The predicted molar refractivity (Wildman–Crippen MR) is 101 cm³/mol. The molecule has 8 heteroatoms. The van der Waals surface area contributed by atoms with E-state index in [4.69, 9.17) is 18.9 Å². The molecule has 3 aliphatic rings. The Morgan fingerprint density at radius 1 is 1.41 bits per heavy atom. The summed E-state index contributed by atoms with van der Waals surface area (Å²) in [6.45, 7) is 8.65. The summed E-state index contributed by atoms with van der Waals surface area (Å²) < 4.78 is 22.9. The number of fused-ring (bicyclic) bond motifs is 3. The normalized spacial score (nSPS) is 42.6. The fourth-order valence-electron chi connectivity index (χ4n) is 4.73. The van der Waals surface area contributed by atoms with Crippen LogP contribution in [0.5, 0.6) is 0 Å². The summed E-state index contributed by atoms with van der Waals surface area (Å²) >= 11 is 0. The van der Waals surface area contributed by atoms with Crippen molar-refractivity contribution in [2.75, 3.05) is 13.7 Å². The van der Waals surface area contributed by atoms with Gasteiger partial charge in [0.25, 0.3) is 0 Å². The Morgan fingerprint density at radius 2 is 2.10 bits per heavy atom. The third-order valence-electron chi connectivity index (χ3n) is 6.57. The van der Waals surface area contributed by atoms with Crippen LogP contribution in [0.1, 0.15) is 40.0 Å². The van der Waals surface area contributed by atoms with E-state index in [2.05, 4.69) is 6.58 Å². The molecule has 2 N–H and O–H groups in total. The zero-order chi connectivity index (χ0) is 21.6. The van der Waals surface area contributed by atoms with Crippen molar-refractivity contribution in [1.82, 2.24) is 0 Å². The van der Waals surface area contributed by atoms with Crippen molar-refractivity contribution >= 4 is 11.9 Å². The van der Waals surface area contributed by atoms with E-state index < -0.39 is 53.5 Å². The maximum Gasteiger partial charge on any atom is 0.334 e. The van der Waals surface area contributed by atoms with E-state index in [1.165, 1.54) is 7.11 Å². The van der Waals surface area contributed by atoms with Gasteiger partial charge in [-0.05, 0) is 27.2 Å². The van der Waals surface area contributed by atoms with Crippen LogP contribution in [-0.2, 0) is 28.5 Å². The highest BCUT2D eigenvalue weighted by Gasteiger charge is 2.61. The summed E-state index contributed by atoms with van der Waals surface area (Å²) in [4.78, 5) is 24.8. The standard InChI is InChI=1S/C21H30O8/c1-6-11(2)18(23)28-15-8-20(4)16(26-5)9-21(25,29-20)13(10-22)7-14-17(15)12(3)19(24)27-14/h6,13-17,22,25H,3,7-10H2,1-2,4-5H3/b11-6-/t13-,14+,15-,16-,17+,20+,21+/m1/s1. The van der Waals surface area contributed by atoms with Crippen LogP contribution in [0.4, 0.5) is 0 Å². The lowest BCUT2D eigenvalue weighted by Crippen LogP contribution is -2.45. The maximum atomic E-state index is 12.5. The van der Waals surface area contributed by atoms with Gasteiger partial charge in [-0.3, -0.25) is 0 Å². The summed E-state index contributed by atoms with van der Waals surface area (Å²) in [5.41, 5.74) is -0.361. The Morgan fingerprint density at radius 3 is 2.69 bits per heavy atom. The van der Waals surface area contributed by atoms with Gasteiger partial charge >= 0.3 is 11.9 Å². The van der Waals surface area contributed by atoms with Crippen LogP contribution in [0, 0.1) is 11.8 Å². The minimum Gasteiger partial charge on any atom is -0.458 e. The van der Waals surface area contributed by atoms with E-state index in [0.717, 1.165) is 0 Å². The van der Waals surface area contributed by atoms with Crippen molar-refractivity contribution in [3.8, 4) is 0 Å². The summed E-state index contributed by atoms with van der Waals surface area (Å²) in [6, 6.07) is 0. The molecule has 7 atom stereocenters. The molecule has 2 bridgehead atoms. The molecule has 0 aromatic rings. The molecular formula is C21H30O8. The van der Waals surface area contributed by atoms with Gasteiger partial charge in [-0.15, -0.1) is 0 Å². The molecule has 0 saturated carbocycles. The SMILES string of the molecule is C=C1C(=O)O[C@H]2C[C@H](CO)[C@]3(O)C[C@@H](OC)[C@](C)(C[C@@H](OC(=O)/C(C)=C\C)[C@@H]12)O3. The number of carbonyl (C=O) groups excluding carboxylic acids is 2. The Balaban J connectivity index is 2.05. The Kier molecular flexibility index (Phi) is 5.93. The second-order valence-corrected chi connectivity index (χ2v) is 8.42. The van der Waals surface area contributed by atoms with E-state index in [0.29, 0.717) is 5.57 Å². The van der Waals surface area contributed by atoms with Crippen molar-refractivity contribution in [2.24, 2.45) is 11.8 Å². The average molecular weight is 410 g/mol. The molecule has 3 saturated heterocycles. The number of hydrogen-bond acceptors (Lipinski definition) is 8. The highest BCUT2D eigenvalue weighted by atomic mass is 16.7. The number of esters is 2. The van der Waals surface area contributed by atoms with Gasteiger partial charge in [0.1, 0.15) is 12.2 Å². The van der Waals surface area contributed by atoms with Gasteiger partial charge in [0.2, 0.25) is 0 Å². The smallest absolute Gasteiger partial charge is 0.334 e. The second-order valence-electron chi connectivity index (χ2n) is 8.42. The largest absolute Gasteiger partial charge is 0.458 e. The van der Waals surface area contributed by atoms with Gasteiger partial charge in [0.05, 0.1) is 24.2 Å².